The summed E-state index contributed by atoms with van der Waals surface area (Å²) in [5.74, 6) is -0.0519. The van der Waals surface area contributed by atoms with E-state index in [1.54, 1.807) is 19.4 Å². The Balaban J connectivity index is 1.59. The second-order valence-corrected chi connectivity index (χ2v) is 10.0. The van der Waals surface area contributed by atoms with Crippen molar-refractivity contribution in [2.24, 2.45) is 0 Å². The predicted molar refractivity (Wildman–Crippen MR) is 110 cm³/mol. The van der Waals surface area contributed by atoms with Gasteiger partial charge in [-0.2, -0.15) is 0 Å². The van der Waals surface area contributed by atoms with Crippen LogP contribution >= 0.6 is 0 Å². The highest BCUT2D eigenvalue weighted by Gasteiger charge is 2.32. The van der Waals surface area contributed by atoms with E-state index in [1.165, 1.54) is 4.90 Å². The highest BCUT2D eigenvalue weighted by molar-refractivity contribution is 7.91. The van der Waals surface area contributed by atoms with Crippen molar-refractivity contribution in [1.29, 1.82) is 0 Å². The lowest BCUT2D eigenvalue weighted by molar-refractivity contribution is -0.131. The Morgan fingerprint density at radius 2 is 1.97 bits per heavy atom. The van der Waals surface area contributed by atoms with Crippen LogP contribution in [0.4, 0.5) is 0 Å². The number of hydrogen-bond acceptors (Lipinski definition) is 6. The maximum atomic E-state index is 12.6. The van der Waals surface area contributed by atoms with Gasteiger partial charge in [0.1, 0.15) is 11.2 Å². The summed E-state index contributed by atoms with van der Waals surface area (Å²) in [6.45, 7) is 3.80. The van der Waals surface area contributed by atoms with Gasteiger partial charge in [-0.3, -0.25) is 4.79 Å². The van der Waals surface area contributed by atoms with Crippen LogP contribution in [-0.4, -0.2) is 43.8 Å². The summed E-state index contributed by atoms with van der Waals surface area (Å²) in [4.78, 5) is 26.6. The molecule has 154 valence electrons. The molecule has 0 aliphatic carbocycles. The maximum absolute atomic E-state index is 12.6. The van der Waals surface area contributed by atoms with Crippen molar-refractivity contribution in [1.82, 2.24) is 4.90 Å². The molecule has 0 unspecified atom stereocenters. The van der Waals surface area contributed by atoms with E-state index in [0.29, 0.717) is 23.2 Å². The number of furan rings is 1. The van der Waals surface area contributed by atoms with Gasteiger partial charge < -0.3 is 13.7 Å². The quantitative estimate of drug-likeness (QED) is 0.606. The number of carbonyl (C=O) groups excluding carboxylic acids is 1. The normalized spacial score (nSPS) is 18.5. The second-order valence-electron chi connectivity index (χ2n) is 7.82. The molecule has 1 aliphatic heterocycles. The van der Waals surface area contributed by atoms with Gasteiger partial charge in [0.15, 0.2) is 9.84 Å². The second kappa shape index (κ2) is 7.02. The van der Waals surface area contributed by atoms with E-state index in [4.69, 9.17) is 8.83 Å². The van der Waals surface area contributed by atoms with Crippen LogP contribution in [-0.2, 0) is 21.1 Å². The van der Waals surface area contributed by atoms with Gasteiger partial charge in [-0.1, -0.05) is 0 Å². The molecule has 0 spiro atoms. The smallest absolute Gasteiger partial charge is 0.339 e. The minimum absolute atomic E-state index is 0.00638. The largest absolute Gasteiger partial charge is 0.464 e. The summed E-state index contributed by atoms with van der Waals surface area (Å²) < 4.78 is 34.3. The Kier molecular flexibility index (Phi) is 4.77. The van der Waals surface area contributed by atoms with E-state index in [1.807, 2.05) is 19.9 Å². The summed E-state index contributed by atoms with van der Waals surface area (Å²) in [5, 5.41) is 1.78. The summed E-state index contributed by atoms with van der Waals surface area (Å²) in [6.07, 6.45) is 2.49. The molecule has 1 aromatic carbocycles. The molecule has 1 fully saturated rings. The Labute approximate surface area is 168 Å². The molecule has 1 aliphatic rings. The molecule has 0 radical (unpaired) electrons. The van der Waals surface area contributed by atoms with Crippen LogP contribution in [0.25, 0.3) is 21.9 Å². The van der Waals surface area contributed by atoms with Crippen molar-refractivity contribution in [2.75, 3.05) is 18.6 Å². The number of sulfone groups is 1. The summed E-state index contributed by atoms with van der Waals surface area (Å²) in [6, 6.07) is 3.37. The SMILES string of the molecule is Cc1coc2cc3oc(=O)c(CCC(=O)N(C)[C@H]4CCS(=O)(=O)C4)c(C)c3cc12. The van der Waals surface area contributed by atoms with E-state index >= 15 is 0 Å². The molecule has 4 rings (SSSR count). The Morgan fingerprint density at radius 1 is 1.21 bits per heavy atom. The van der Waals surface area contributed by atoms with Crippen LogP contribution in [0.3, 0.4) is 0 Å². The first kappa shape index (κ1) is 19.7. The number of fused-ring (bicyclic) bond motifs is 2. The number of hydrogen-bond donors (Lipinski definition) is 0. The van der Waals surface area contributed by atoms with E-state index in [0.717, 1.165) is 21.9 Å². The lowest BCUT2D eigenvalue weighted by Gasteiger charge is -2.23. The first-order valence-electron chi connectivity index (χ1n) is 9.56. The molecule has 0 N–H and O–H groups in total. The number of amides is 1. The van der Waals surface area contributed by atoms with Gasteiger partial charge in [-0.15, -0.1) is 0 Å². The van der Waals surface area contributed by atoms with Gasteiger partial charge in [0, 0.05) is 41.9 Å². The van der Waals surface area contributed by atoms with Crippen molar-refractivity contribution in [3.8, 4) is 0 Å². The van der Waals surface area contributed by atoms with Crippen molar-refractivity contribution < 1.29 is 22.0 Å². The molecule has 1 amide bonds. The lowest BCUT2D eigenvalue weighted by atomic mass is 10.0. The van der Waals surface area contributed by atoms with Crippen LogP contribution < -0.4 is 5.63 Å². The topological polar surface area (TPSA) is 97.8 Å². The van der Waals surface area contributed by atoms with Gasteiger partial charge in [-0.05, 0) is 43.9 Å². The fourth-order valence-electron chi connectivity index (χ4n) is 4.02. The van der Waals surface area contributed by atoms with Crippen molar-refractivity contribution in [3.05, 3.63) is 45.5 Å². The van der Waals surface area contributed by atoms with Crippen LogP contribution in [0.5, 0.6) is 0 Å². The third kappa shape index (κ3) is 3.57. The zero-order chi connectivity index (χ0) is 20.9. The predicted octanol–water partition coefficient (Wildman–Crippen LogP) is 2.73. The standard InChI is InChI=1S/C21H23NO6S/c1-12-10-27-18-9-19-17(8-16(12)18)13(2)15(21(24)28-19)4-5-20(23)22(3)14-6-7-29(25,26)11-14/h8-10,14H,4-7,11H2,1-3H3/t14-/m0/s1. The number of aryl methyl sites for hydroxylation is 2. The zero-order valence-electron chi connectivity index (χ0n) is 16.6. The van der Waals surface area contributed by atoms with Gasteiger partial charge in [0.25, 0.3) is 0 Å². The molecule has 3 heterocycles. The molecule has 2 aromatic heterocycles. The van der Waals surface area contributed by atoms with Crippen LogP contribution in [0.2, 0.25) is 0 Å². The Bertz CT molecular complexity index is 1280. The van der Waals surface area contributed by atoms with Crippen molar-refractivity contribution >= 4 is 37.7 Å². The summed E-state index contributed by atoms with van der Waals surface area (Å²) in [5.41, 5.74) is 2.91. The first-order valence-corrected chi connectivity index (χ1v) is 11.4. The molecule has 3 aromatic rings. The molecule has 0 bridgehead atoms. The molecule has 29 heavy (non-hydrogen) atoms. The molecule has 1 saturated heterocycles. The molecular weight excluding hydrogens is 394 g/mol. The molecule has 8 heteroatoms. The first-order chi connectivity index (χ1) is 13.7. The number of benzene rings is 1. The fraction of sp³-hybridized carbons (Fsp3) is 0.429. The average Bonchev–Trinajstić information content (AvgIpc) is 3.21. The van der Waals surface area contributed by atoms with Crippen LogP contribution in [0, 0.1) is 13.8 Å². The Hall–Kier alpha value is -2.61. The average molecular weight is 417 g/mol. The fourth-order valence-corrected chi connectivity index (χ4v) is 5.79. The van der Waals surface area contributed by atoms with E-state index in [-0.39, 0.29) is 36.3 Å². The van der Waals surface area contributed by atoms with Gasteiger partial charge in [0.05, 0.1) is 17.8 Å². The van der Waals surface area contributed by atoms with Gasteiger partial charge in [0.2, 0.25) is 5.91 Å². The zero-order valence-corrected chi connectivity index (χ0v) is 17.5. The van der Waals surface area contributed by atoms with E-state index in [9.17, 15) is 18.0 Å². The number of nitrogens with zero attached hydrogens (tertiary/aromatic N) is 1. The minimum Gasteiger partial charge on any atom is -0.464 e. The van der Waals surface area contributed by atoms with E-state index < -0.39 is 15.5 Å². The highest BCUT2D eigenvalue weighted by Crippen LogP contribution is 2.29. The van der Waals surface area contributed by atoms with Gasteiger partial charge >= 0.3 is 5.63 Å². The summed E-state index contributed by atoms with van der Waals surface area (Å²) in [7, 11) is -1.44. The van der Waals surface area contributed by atoms with E-state index in [2.05, 4.69) is 0 Å². The number of carbonyl (C=O) groups is 1. The Morgan fingerprint density at radius 3 is 2.66 bits per heavy atom. The number of rotatable bonds is 4. The third-order valence-electron chi connectivity index (χ3n) is 5.91. The maximum Gasteiger partial charge on any atom is 0.339 e. The van der Waals surface area contributed by atoms with Gasteiger partial charge in [-0.25, -0.2) is 13.2 Å². The molecule has 7 nitrogen and oxygen atoms in total. The highest BCUT2D eigenvalue weighted by atomic mass is 32.2. The molecule has 0 saturated carbocycles. The van der Waals surface area contributed by atoms with Crippen molar-refractivity contribution in [2.45, 2.75) is 39.2 Å². The lowest BCUT2D eigenvalue weighted by Crippen LogP contribution is -2.38. The van der Waals surface area contributed by atoms with Crippen LogP contribution in [0.1, 0.15) is 29.5 Å². The monoisotopic (exact) mass is 417 g/mol. The minimum atomic E-state index is -3.06. The molecule has 1 atom stereocenters. The molecular formula is C21H23NO6S. The third-order valence-corrected chi connectivity index (χ3v) is 7.66. The van der Waals surface area contributed by atoms with Crippen molar-refractivity contribution in [3.63, 3.8) is 0 Å². The van der Waals surface area contributed by atoms with Crippen LogP contribution in [0.15, 0.2) is 32.0 Å². The summed E-state index contributed by atoms with van der Waals surface area (Å²) >= 11 is 0.